The Kier molecular flexibility index (Phi) is 0.834. The van der Waals surface area contributed by atoms with Crippen molar-refractivity contribution in [1.82, 2.24) is 0 Å². The minimum atomic E-state index is 0.173. The second kappa shape index (κ2) is 1.61. The molecule has 13 heavy (non-hydrogen) atoms. The molecule has 2 heteroatoms. The van der Waals surface area contributed by atoms with Crippen molar-refractivity contribution >= 4 is 23.2 Å². The molecule has 68 valence electrons. The van der Waals surface area contributed by atoms with Crippen LogP contribution in [0.1, 0.15) is 0 Å². The Labute approximate surface area is 87.3 Å². The second-order valence-electron chi connectivity index (χ2n) is 5.57. The number of hydrogen-bond acceptors (Lipinski definition) is 0. The summed E-state index contributed by atoms with van der Waals surface area (Å²) in [5, 5.41) is 1.14. The van der Waals surface area contributed by atoms with E-state index < -0.39 is 0 Å². The molecule has 6 rings (SSSR count). The van der Waals surface area contributed by atoms with Crippen LogP contribution < -0.4 is 0 Å². The lowest BCUT2D eigenvalue weighted by molar-refractivity contribution is 0.290. The molecule has 4 saturated carbocycles. The smallest absolute Gasteiger partial charge is 0.0722 e. The first kappa shape index (κ1) is 6.74. The first-order chi connectivity index (χ1) is 6.30. The van der Waals surface area contributed by atoms with E-state index in [0.29, 0.717) is 0 Å². The lowest BCUT2D eigenvalue weighted by atomic mass is 9.84. The predicted molar refractivity (Wildman–Crippen MR) is 51.5 cm³/mol. The molecule has 0 N–H and O–H groups in total. The summed E-state index contributed by atoms with van der Waals surface area (Å²) < 4.78 is 0. The van der Waals surface area contributed by atoms with Crippen LogP contribution in [-0.4, -0.2) is 5.38 Å². The topological polar surface area (TPSA) is 0 Å². The van der Waals surface area contributed by atoms with Gasteiger partial charge >= 0.3 is 0 Å². The molecule has 0 aromatic rings. The van der Waals surface area contributed by atoms with Gasteiger partial charge in [-0.15, -0.1) is 11.6 Å². The van der Waals surface area contributed by atoms with Gasteiger partial charge in [0, 0.05) is 5.03 Å². The van der Waals surface area contributed by atoms with Crippen molar-refractivity contribution in [2.24, 2.45) is 47.3 Å². The van der Waals surface area contributed by atoms with Gasteiger partial charge in [-0.05, 0) is 47.3 Å². The van der Waals surface area contributed by atoms with Crippen LogP contribution in [0.3, 0.4) is 0 Å². The standard InChI is InChI=1S/C11H10Cl2/c12-3-1-2-4-6-7-5(2)9(7)10(8(4)6)11(3)13/h1-2,4-11H. The SMILES string of the molecule is ClC1=CC2C3C4C(C1Cl)C1C2C1C34. The van der Waals surface area contributed by atoms with Crippen LogP contribution in [0.4, 0.5) is 0 Å². The van der Waals surface area contributed by atoms with E-state index in [1.54, 1.807) is 0 Å². The number of hydrogen-bond donors (Lipinski definition) is 0. The van der Waals surface area contributed by atoms with Crippen LogP contribution in [0.2, 0.25) is 0 Å². The van der Waals surface area contributed by atoms with Gasteiger partial charge in [0.2, 0.25) is 0 Å². The molecule has 0 aliphatic heterocycles. The molecule has 0 heterocycles. The van der Waals surface area contributed by atoms with Crippen molar-refractivity contribution in [1.29, 1.82) is 0 Å². The zero-order valence-corrected chi connectivity index (χ0v) is 8.54. The number of alkyl halides is 1. The normalized spacial score (nSPS) is 79.2. The summed E-state index contributed by atoms with van der Waals surface area (Å²) >= 11 is 12.6. The first-order valence-corrected chi connectivity index (χ1v) is 6.13. The van der Waals surface area contributed by atoms with Crippen LogP contribution in [0.25, 0.3) is 0 Å². The largest absolute Gasteiger partial charge is 0.117 e. The van der Waals surface area contributed by atoms with Gasteiger partial charge in [0.05, 0.1) is 5.38 Å². The van der Waals surface area contributed by atoms with E-state index in [4.69, 9.17) is 23.2 Å². The van der Waals surface area contributed by atoms with Gasteiger partial charge in [-0.1, -0.05) is 17.7 Å². The highest BCUT2D eigenvalue weighted by atomic mass is 35.5. The molecule has 7 atom stereocenters. The van der Waals surface area contributed by atoms with Crippen molar-refractivity contribution in [3.8, 4) is 0 Å². The van der Waals surface area contributed by atoms with Crippen molar-refractivity contribution in [3.63, 3.8) is 0 Å². The minimum Gasteiger partial charge on any atom is -0.117 e. The number of fused-ring (bicyclic) bond motifs is 1. The highest BCUT2D eigenvalue weighted by Gasteiger charge is 2.87. The maximum atomic E-state index is 6.42. The van der Waals surface area contributed by atoms with E-state index in [1.165, 1.54) is 0 Å². The Balaban J connectivity index is 1.80. The zero-order chi connectivity index (χ0) is 8.48. The Morgan fingerprint density at radius 2 is 1.38 bits per heavy atom. The van der Waals surface area contributed by atoms with E-state index in [-0.39, 0.29) is 5.38 Å². The highest BCUT2D eigenvalue weighted by Crippen LogP contribution is 2.90. The van der Waals surface area contributed by atoms with Crippen molar-refractivity contribution in [2.45, 2.75) is 5.38 Å². The minimum absolute atomic E-state index is 0.173. The van der Waals surface area contributed by atoms with Crippen molar-refractivity contribution in [3.05, 3.63) is 11.1 Å². The molecule has 0 spiro atoms. The summed E-state index contributed by atoms with van der Waals surface area (Å²) in [6, 6.07) is 0. The van der Waals surface area contributed by atoms with Crippen LogP contribution in [0.15, 0.2) is 11.1 Å². The predicted octanol–water partition coefficient (Wildman–Crippen LogP) is 2.71. The fourth-order valence-corrected chi connectivity index (χ4v) is 6.13. The molecule has 6 aliphatic rings. The highest BCUT2D eigenvalue weighted by molar-refractivity contribution is 6.37. The van der Waals surface area contributed by atoms with Gasteiger partial charge in [-0.3, -0.25) is 0 Å². The quantitative estimate of drug-likeness (QED) is 0.542. The summed E-state index contributed by atoms with van der Waals surface area (Å²) in [6.45, 7) is 0. The van der Waals surface area contributed by atoms with Crippen LogP contribution in [0, 0.1) is 47.3 Å². The van der Waals surface area contributed by atoms with Gasteiger partial charge in [0.25, 0.3) is 0 Å². The van der Waals surface area contributed by atoms with Gasteiger partial charge in [0.1, 0.15) is 0 Å². The Morgan fingerprint density at radius 3 is 2.00 bits per heavy atom. The van der Waals surface area contributed by atoms with E-state index in [9.17, 15) is 0 Å². The molecule has 6 aliphatic carbocycles. The third-order valence-corrected chi connectivity index (χ3v) is 6.56. The van der Waals surface area contributed by atoms with Crippen molar-refractivity contribution in [2.75, 3.05) is 0 Å². The molecule has 4 fully saturated rings. The second-order valence-corrected chi connectivity index (χ2v) is 6.48. The zero-order valence-electron chi connectivity index (χ0n) is 7.03. The third kappa shape index (κ3) is 0.479. The first-order valence-electron chi connectivity index (χ1n) is 5.32. The van der Waals surface area contributed by atoms with Gasteiger partial charge in [-0.25, -0.2) is 0 Å². The van der Waals surface area contributed by atoms with Crippen LogP contribution in [-0.2, 0) is 0 Å². The lowest BCUT2D eigenvalue weighted by Crippen LogP contribution is -2.23. The number of halogens is 2. The number of rotatable bonds is 0. The molecule has 7 unspecified atom stereocenters. The summed E-state index contributed by atoms with van der Waals surface area (Å²) in [7, 11) is 0. The van der Waals surface area contributed by atoms with Gasteiger partial charge in [0.15, 0.2) is 0 Å². The molecule has 2 bridgehead atoms. The monoisotopic (exact) mass is 212 g/mol. The fraction of sp³-hybridized carbons (Fsp3) is 0.818. The molecule has 0 radical (unpaired) electrons. The molecule has 0 saturated heterocycles. The molecular weight excluding hydrogens is 203 g/mol. The van der Waals surface area contributed by atoms with Crippen LogP contribution in [0.5, 0.6) is 0 Å². The Hall–Kier alpha value is 0.320. The van der Waals surface area contributed by atoms with Crippen molar-refractivity contribution < 1.29 is 0 Å². The summed E-state index contributed by atoms with van der Waals surface area (Å²) in [4.78, 5) is 0. The summed E-state index contributed by atoms with van der Waals surface area (Å²) in [5.41, 5.74) is 0. The van der Waals surface area contributed by atoms with Crippen LogP contribution >= 0.6 is 23.2 Å². The molecule has 0 aromatic heterocycles. The fourth-order valence-electron chi connectivity index (χ4n) is 5.43. The molecule has 0 nitrogen and oxygen atoms in total. The Bertz CT molecular complexity index is 339. The molecule has 0 amide bonds. The van der Waals surface area contributed by atoms with Gasteiger partial charge < -0.3 is 0 Å². The maximum Gasteiger partial charge on any atom is 0.0722 e. The van der Waals surface area contributed by atoms with E-state index in [1.807, 2.05) is 0 Å². The summed E-state index contributed by atoms with van der Waals surface area (Å²) in [6.07, 6.45) is 2.31. The van der Waals surface area contributed by atoms with E-state index >= 15 is 0 Å². The third-order valence-electron chi connectivity index (χ3n) is 5.56. The average molecular weight is 213 g/mol. The van der Waals surface area contributed by atoms with E-state index in [2.05, 4.69) is 6.08 Å². The maximum absolute atomic E-state index is 6.42. The van der Waals surface area contributed by atoms with E-state index in [0.717, 1.165) is 52.4 Å². The Morgan fingerprint density at radius 1 is 0.846 bits per heavy atom. The number of allylic oxidation sites excluding steroid dienone is 2. The van der Waals surface area contributed by atoms with Gasteiger partial charge in [-0.2, -0.15) is 0 Å². The average Bonchev–Trinajstić information content (AvgIpc) is 2.94. The lowest BCUT2D eigenvalue weighted by Gasteiger charge is -2.23. The summed E-state index contributed by atoms with van der Waals surface area (Å²) in [5.74, 6) is 7.80. The molecular formula is C11H10Cl2. The molecule has 0 aromatic carbocycles.